The third-order valence-corrected chi connectivity index (χ3v) is 7.40. The van der Waals surface area contributed by atoms with Gasteiger partial charge in [0.25, 0.3) is 16.1 Å². The van der Waals surface area contributed by atoms with Crippen LogP contribution in [0.1, 0.15) is 20.4 Å². The number of aromatic nitrogens is 1. The predicted octanol–water partition coefficient (Wildman–Crippen LogP) is 2.26. The number of hydrogen-bond donors (Lipinski definition) is 1. The van der Waals surface area contributed by atoms with Crippen LogP contribution in [0.15, 0.2) is 24.3 Å². The van der Waals surface area contributed by atoms with Crippen LogP contribution in [0.5, 0.6) is 0 Å². The Morgan fingerprint density at radius 3 is 2.54 bits per heavy atom. The summed E-state index contributed by atoms with van der Waals surface area (Å²) in [6.45, 7) is 0.740. The van der Waals surface area contributed by atoms with Gasteiger partial charge in [-0.25, -0.2) is 4.98 Å². The molecule has 0 fully saturated rings. The van der Waals surface area contributed by atoms with Gasteiger partial charge < -0.3 is 5.32 Å². The summed E-state index contributed by atoms with van der Waals surface area (Å²) in [6.07, 6.45) is 1.04. The first-order valence-corrected chi connectivity index (χ1v) is 10.6. The van der Waals surface area contributed by atoms with Crippen molar-refractivity contribution in [3.63, 3.8) is 0 Å². The van der Waals surface area contributed by atoms with Crippen molar-refractivity contribution in [1.82, 2.24) is 13.6 Å². The number of nitrogens with zero attached hydrogens (tertiary/aromatic N) is 3. The van der Waals surface area contributed by atoms with Crippen molar-refractivity contribution >= 4 is 44.7 Å². The summed E-state index contributed by atoms with van der Waals surface area (Å²) in [5.41, 5.74) is 1.45. The number of thiazole rings is 1. The molecule has 7 nitrogen and oxygen atoms in total. The lowest BCUT2D eigenvalue weighted by Crippen LogP contribution is -2.41. The molecular formula is C16H19ClN4O3S2. The first kappa shape index (κ1) is 19.2. The largest absolute Gasteiger partial charge is 0.320 e. The molecule has 2 heterocycles. The monoisotopic (exact) mass is 414 g/mol. The van der Waals surface area contributed by atoms with E-state index in [9.17, 15) is 13.2 Å². The highest BCUT2D eigenvalue weighted by Gasteiger charge is 2.28. The van der Waals surface area contributed by atoms with Crippen molar-refractivity contribution in [2.24, 2.45) is 0 Å². The summed E-state index contributed by atoms with van der Waals surface area (Å²) in [4.78, 5) is 17.8. The average molecular weight is 415 g/mol. The van der Waals surface area contributed by atoms with E-state index in [4.69, 9.17) is 11.6 Å². The average Bonchev–Trinajstić information content (AvgIpc) is 2.89. The molecule has 3 rings (SSSR count). The lowest BCUT2D eigenvalue weighted by molar-refractivity contribution is 0.102. The molecule has 1 N–H and O–H groups in total. The van der Waals surface area contributed by atoms with Gasteiger partial charge in [0.2, 0.25) is 0 Å². The second kappa shape index (κ2) is 7.61. The molecule has 0 aliphatic carbocycles. The highest BCUT2D eigenvalue weighted by atomic mass is 35.5. The Kier molecular flexibility index (Phi) is 5.64. The molecule has 140 valence electrons. The number of rotatable bonds is 4. The maximum absolute atomic E-state index is 12.4. The van der Waals surface area contributed by atoms with Gasteiger partial charge in [-0.2, -0.15) is 17.0 Å². The van der Waals surface area contributed by atoms with Crippen molar-refractivity contribution in [3.05, 3.63) is 44.9 Å². The molecule has 1 aromatic heterocycles. The minimum absolute atomic E-state index is 0.275. The Morgan fingerprint density at radius 1 is 1.23 bits per heavy atom. The van der Waals surface area contributed by atoms with Gasteiger partial charge in [-0.15, -0.1) is 11.3 Å². The minimum Gasteiger partial charge on any atom is -0.320 e. The fraction of sp³-hybridized carbons (Fsp3) is 0.375. The maximum Gasteiger partial charge on any atom is 0.284 e. The SMILES string of the molecule is CN(C)S(=O)(=O)N1CCc2nc(C(=O)Nc3ccc(Cl)cc3)sc2CC1. The van der Waals surface area contributed by atoms with Crippen molar-refractivity contribution < 1.29 is 13.2 Å². The van der Waals surface area contributed by atoms with E-state index in [1.54, 1.807) is 24.3 Å². The topological polar surface area (TPSA) is 82.6 Å². The van der Waals surface area contributed by atoms with Gasteiger partial charge in [-0.05, 0) is 30.7 Å². The zero-order valence-corrected chi connectivity index (χ0v) is 16.8. The molecule has 0 spiro atoms. The second-order valence-corrected chi connectivity index (χ2v) is 9.70. The third kappa shape index (κ3) is 4.07. The quantitative estimate of drug-likeness (QED) is 0.831. The smallest absolute Gasteiger partial charge is 0.284 e. The van der Waals surface area contributed by atoms with Crippen molar-refractivity contribution in [2.45, 2.75) is 12.8 Å². The van der Waals surface area contributed by atoms with Crippen LogP contribution in [0, 0.1) is 0 Å². The fourth-order valence-corrected chi connectivity index (χ4v) is 4.84. The number of halogens is 1. The number of nitrogens with one attached hydrogen (secondary N) is 1. The van der Waals surface area contributed by atoms with Crippen LogP contribution in [-0.2, 0) is 23.1 Å². The summed E-state index contributed by atoms with van der Waals surface area (Å²) in [5, 5.41) is 3.78. The van der Waals surface area contributed by atoms with Crippen LogP contribution in [-0.4, -0.2) is 55.1 Å². The zero-order chi connectivity index (χ0) is 18.9. The molecule has 0 saturated carbocycles. The molecule has 0 radical (unpaired) electrons. The van der Waals surface area contributed by atoms with Crippen molar-refractivity contribution in [3.8, 4) is 0 Å². The molecule has 1 aliphatic heterocycles. The van der Waals surface area contributed by atoms with Gasteiger partial charge in [0.1, 0.15) is 0 Å². The molecule has 0 atom stereocenters. The summed E-state index contributed by atoms with van der Waals surface area (Å²) < 4.78 is 27.2. The summed E-state index contributed by atoms with van der Waals surface area (Å²) in [5.74, 6) is -0.275. The molecule has 2 aromatic rings. The van der Waals surface area contributed by atoms with Gasteiger partial charge >= 0.3 is 0 Å². The molecule has 0 bridgehead atoms. The van der Waals surface area contributed by atoms with E-state index < -0.39 is 10.2 Å². The number of hydrogen-bond acceptors (Lipinski definition) is 5. The van der Waals surface area contributed by atoms with Gasteiger partial charge in [0.15, 0.2) is 5.01 Å². The Labute approximate surface area is 161 Å². The van der Waals surface area contributed by atoms with Gasteiger partial charge in [-0.1, -0.05) is 11.6 Å². The first-order valence-electron chi connectivity index (χ1n) is 8.00. The highest BCUT2D eigenvalue weighted by molar-refractivity contribution is 7.86. The predicted molar refractivity (Wildman–Crippen MR) is 103 cm³/mol. The highest BCUT2D eigenvalue weighted by Crippen LogP contribution is 2.25. The molecular weight excluding hydrogens is 396 g/mol. The Balaban J connectivity index is 1.71. The lowest BCUT2D eigenvalue weighted by atomic mass is 10.2. The number of anilines is 1. The molecule has 1 aliphatic rings. The van der Waals surface area contributed by atoms with E-state index in [1.165, 1.54) is 34.0 Å². The first-order chi connectivity index (χ1) is 12.3. The molecule has 26 heavy (non-hydrogen) atoms. The molecule has 0 unspecified atom stereocenters. The fourth-order valence-electron chi connectivity index (χ4n) is 2.62. The minimum atomic E-state index is -3.44. The van der Waals surface area contributed by atoms with Crippen LogP contribution in [0.4, 0.5) is 5.69 Å². The van der Waals surface area contributed by atoms with E-state index in [1.807, 2.05) is 0 Å². The Hall–Kier alpha value is -1.52. The van der Waals surface area contributed by atoms with Gasteiger partial charge in [0, 0.05) is 49.2 Å². The molecule has 0 saturated heterocycles. The van der Waals surface area contributed by atoms with Crippen LogP contribution in [0.2, 0.25) is 5.02 Å². The van der Waals surface area contributed by atoms with E-state index in [2.05, 4.69) is 10.3 Å². The summed E-state index contributed by atoms with van der Waals surface area (Å²) >= 11 is 7.16. The molecule has 1 amide bonds. The Morgan fingerprint density at radius 2 is 1.88 bits per heavy atom. The third-order valence-electron chi connectivity index (χ3n) is 4.05. The maximum atomic E-state index is 12.4. The van der Waals surface area contributed by atoms with Gasteiger partial charge in [-0.3, -0.25) is 4.79 Å². The van der Waals surface area contributed by atoms with E-state index in [0.717, 1.165) is 10.6 Å². The van der Waals surface area contributed by atoms with E-state index in [-0.39, 0.29) is 5.91 Å². The van der Waals surface area contributed by atoms with Crippen LogP contribution in [0.3, 0.4) is 0 Å². The Bertz CT molecular complexity index is 885. The summed E-state index contributed by atoms with van der Waals surface area (Å²) in [6, 6.07) is 6.85. The number of carbonyl (C=O) groups excluding carboxylic acids is 1. The van der Waals surface area contributed by atoms with E-state index >= 15 is 0 Å². The normalized spacial score (nSPS) is 15.5. The molecule has 10 heteroatoms. The number of amides is 1. The van der Waals surface area contributed by atoms with Crippen molar-refractivity contribution in [1.29, 1.82) is 0 Å². The van der Waals surface area contributed by atoms with E-state index in [0.29, 0.717) is 41.6 Å². The van der Waals surface area contributed by atoms with Crippen molar-refractivity contribution in [2.75, 3.05) is 32.5 Å². The number of carbonyl (C=O) groups is 1. The van der Waals surface area contributed by atoms with Gasteiger partial charge in [0.05, 0.1) is 5.69 Å². The summed E-state index contributed by atoms with van der Waals surface area (Å²) in [7, 11) is -0.394. The second-order valence-electron chi connectivity index (χ2n) is 6.04. The van der Waals surface area contributed by atoms with Crippen LogP contribution >= 0.6 is 22.9 Å². The number of fused-ring (bicyclic) bond motifs is 1. The lowest BCUT2D eigenvalue weighted by Gasteiger charge is -2.23. The molecule has 1 aromatic carbocycles. The van der Waals surface area contributed by atoms with Crippen LogP contribution < -0.4 is 5.32 Å². The zero-order valence-electron chi connectivity index (χ0n) is 14.4. The number of benzene rings is 1. The standard InChI is InChI=1S/C16H19ClN4O3S2/c1-20(2)26(23,24)21-9-7-13-14(8-10-21)25-16(19-13)15(22)18-12-5-3-11(17)4-6-12/h3-6H,7-10H2,1-2H3,(H,18,22). The van der Waals surface area contributed by atoms with Crippen LogP contribution in [0.25, 0.3) is 0 Å².